The molecule has 0 spiro atoms. The number of nitrogens with zero attached hydrogens (tertiary/aromatic N) is 2. The number of halogens is 1. The lowest BCUT2D eigenvalue weighted by atomic mass is 10.2. The van der Waals surface area contributed by atoms with E-state index in [9.17, 15) is 12.8 Å². The molecule has 2 N–H and O–H groups in total. The molecule has 0 aromatic heterocycles. The molecule has 0 aliphatic carbocycles. The molecule has 0 saturated carbocycles. The van der Waals surface area contributed by atoms with Crippen molar-refractivity contribution in [3.8, 4) is 0 Å². The molecule has 0 fully saturated rings. The van der Waals surface area contributed by atoms with Gasteiger partial charge in [0, 0.05) is 5.69 Å². The monoisotopic (exact) mass is 305 g/mol. The molecule has 2 aromatic rings. The second-order valence-electron chi connectivity index (χ2n) is 4.61. The second-order valence-corrected chi connectivity index (χ2v) is 6.46. The van der Waals surface area contributed by atoms with E-state index >= 15 is 0 Å². The third kappa shape index (κ3) is 2.36. The van der Waals surface area contributed by atoms with Crippen molar-refractivity contribution in [2.45, 2.75) is 11.4 Å². The molecule has 0 amide bonds. The summed E-state index contributed by atoms with van der Waals surface area (Å²) in [6.07, 6.45) is 1.22. The zero-order chi connectivity index (χ0) is 15.0. The molecular formula is C14H12FN3O2S. The number of rotatable bonds is 2. The van der Waals surface area contributed by atoms with Crippen molar-refractivity contribution in [2.24, 2.45) is 4.99 Å². The Hall–Kier alpha value is -2.41. The summed E-state index contributed by atoms with van der Waals surface area (Å²) in [4.78, 5) is 4.23. The predicted molar refractivity (Wildman–Crippen MR) is 78.1 cm³/mol. The average molecular weight is 305 g/mol. The van der Waals surface area contributed by atoms with Gasteiger partial charge in [-0.2, -0.15) is 0 Å². The van der Waals surface area contributed by atoms with Crippen LogP contribution in [0.25, 0.3) is 0 Å². The van der Waals surface area contributed by atoms with E-state index in [-0.39, 0.29) is 11.4 Å². The highest BCUT2D eigenvalue weighted by Crippen LogP contribution is 2.31. The van der Waals surface area contributed by atoms with Gasteiger partial charge < -0.3 is 5.73 Å². The Labute approximate surface area is 121 Å². The van der Waals surface area contributed by atoms with Crippen molar-refractivity contribution in [1.82, 2.24) is 4.31 Å². The molecule has 1 aliphatic rings. The molecule has 21 heavy (non-hydrogen) atoms. The Kier molecular flexibility index (Phi) is 3.13. The van der Waals surface area contributed by atoms with Gasteiger partial charge in [0.25, 0.3) is 10.0 Å². The molecule has 3 rings (SSSR count). The first kappa shape index (κ1) is 13.6. The van der Waals surface area contributed by atoms with E-state index in [2.05, 4.69) is 4.99 Å². The van der Waals surface area contributed by atoms with E-state index in [0.29, 0.717) is 16.9 Å². The summed E-state index contributed by atoms with van der Waals surface area (Å²) < 4.78 is 39.3. The minimum Gasteiger partial charge on any atom is -0.398 e. The van der Waals surface area contributed by atoms with E-state index in [4.69, 9.17) is 5.73 Å². The fourth-order valence-electron chi connectivity index (χ4n) is 2.10. The van der Waals surface area contributed by atoms with Crippen molar-refractivity contribution >= 4 is 27.7 Å². The van der Waals surface area contributed by atoms with E-state index in [1.807, 2.05) is 0 Å². The average Bonchev–Trinajstić information content (AvgIpc) is 2.46. The van der Waals surface area contributed by atoms with Gasteiger partial charge in [0.15, 0.2) is 0 Å². The number of sulfonamides is 1. The molecule has 0 bridgehead atoms. The highest BCUT2D eigenvalue weighted by Gasteiger charge is 2.28. The number of hydrogen-bond acceptors (Lipinski definition) is 4. The highest BCUT2D eigenvalue weighted by atomic mass is 32.2. The zero-order valence-electron chi connectivity index (χ0n) is 10.9. The van der Waals surface area contributed by atoms with Crippen molar-refractivity contribution in [1.29, 1.82) is 0 Å². The number of aliphatic imine (C=N–C) groups is 1. The molecule has 0 saturated heterocycles. The second kappa shape index (κ2) is 4.85. The van der Waals surface area contributed by atoms with Gasteiger partial charge >= 0.3 is 0 Å². The van der Waals surface area contributed by atoms with Crippen LogP contribution in [-0.2, 0) is 16.6 Å². The highest BCUT2D eigenvalue weighted by molar-refractivity contribution is 7.89. The normalized spacial score (nSPS) is 15.8. The Morgan fingerprint density at radius 1 is 1.19 bits per heavy atom. The minimum atomic E-state index is -3.70. The lowest BCUT2D eigenvalue weighted by molar-refractivity contribution is 0.520. The van der Waals surface area contributed by atoms with Crippen LogP contribution in [0.4, 0.5) is 15.8 Å². The fourth-order valence-corrected chi connectivity index (χ4v) is 3.47. The van der Waals surface area contributed by atoms with Gasteiger partial charge in [0.05, 0.1) is 12.2 Å². The van der Waals surface area contributed by atoms with Crippen molar-refractivity contribution in [3.63, 3.8) is 0 Å². The number of para-hydroxylation sites is 1. The first-order valence-electron chi connectivity index (χ1n) is 6.17. The topological polar surface area (TPSA) is 75.8 Å². The van der Waals surface area contributed by atoms with Crippen LogP contribution in [0.2, 0.25) is 0 Å². The Morgan fingerprint density at radius 3 is 2.76 bits per heavy atom. The van der Waals surface area contributed by atoms with Crippen LogP contribution in [0.5, 0.6) is 0 Å². The Balaban J connectivity index is 2.00. The van der Waals surface area contributed by atoms with Crippen LogP contribution < -0.4 is 5.73 Å². The molecule has 0 atom stereocenters. The standard InChI is InChI=1S/C14H12FN3O2S/c15-11-5-6-12(16)10(7-11)8-18-9-17-13-3-1-2-4-14(13)21(18,19)20/h1-7,9H,8,16H2. The molecule has 7 heteroatoms. The first-order valence-corrected chi connectivity index (χ1v) is 7.61. The van der Waals surface area contributed by atoms with E-state index in [0.717, 1.165) is 4.31 Å². The number of anilines is 1. The lowest BCUT2D eigenvalue weighted by Gasteiger charge is -2.24. The van der Waals surface area contributed by atoms with Crippen LogP contribution in [0.3, 0.4) is 0 Å². The van der Waals surface area contributed by atoms with Gasteiger partial charge in [-0.25, -0.2) is 17.8 Å². The summed E-state index contributed by atoms with van der Waals surface area (Å²) in [6.45, 7) is -0.0657. The summed E-state index contributed by atoms with van der Waals surface area (Å²) in [5, 5.41) is 0. The molecule has 1 heterocycles. The van der Waals surface area contributed by atoms with Crippen molar-refractivity contribution < 1.29 is 12.8 Å². The van der Waals surface area contributed by atoms with Gasteiger partial charge in [-0.3, -0.25) is 4.31 Å². The molecular weight excluding hydrogens is 293 g/mol. The first-order chi connectivity index (χ1) is 9.98. The van der Waals surface area contributed by atoms with E-state index < -0.39 is 15.8 Å². The van der Waals surface area contributed by atoms with Crippen LogP contribution >= 0.6 is 0 Å². The number of hydrogen-bond donors (Lipinski definition) is 1. The third-order valence-corrected chi connectivity index (χ3v) is 4.95. The third-order valence-electron chi connectivity index (χ3n) is 3.21. The predicted octanol–water partition coefficient (Wildman–Crippen LogP) is 2.27. The van der Waals surface area contributed by atoms with Gasteiger partial charge in [-0.15, -0.1) is 0 Å². The maximum Gasteiger partial charge on any atom is 0.267 e. The Bertz CT molecular complexity index is 834. The van der Waals surface area contributed by atoms with Crippen molar-refractivity contribution in [3.05, 3.63) is 53.8 Å². The van der Waals surface area contributed by atoms with Gasteiger partial charge in [0.1, 0.15) is 17.1 Å². The quantitative estimate of drug-likeness (QED) is 0.865. The smallest absolute Gasteiger partial charge is 0.267 e. The van der Waals surface area contributed by atoms with Crippen molar-refractivity contribution in [2.75, 3.05) is 5.73 Å². The summed E-state index contributed by atoms with van der Waals surface area (Å²) in [6, 6.07) is 10.3. The summed E-state index contributed by atoms with van der Waals surface area (Å²) in [5.74, 6) is -0.467. The van der Waals surface area contributed by atoms with Crippen LogP contribution in [0.15, 0.2) is 52.4 Å². The SMILES string of the molecule is Nc1ccc(F)cc1CN1C=Nc2ccccc2S1(=O)=O. The molecule has 1 aliphatic heterocycles. The van der Waals surface area contributed by atoms with Gasteiger partial charge in [-0.05, 0) is 35.9 Å². The maximum absolute atomic E-state index is 13.3. The largest absolute Gasteiger partial charge is 0.398 e. The van der Waals surface area contributed by atoms with Crippen LogP contribution in [0, 0.1) is 5.82 Å². The number of benzene rings is 2. The Morgan fingerprint density at radius 2 is 1.95 bits per heavy atom. The summed E-state index contributed by atoms with van der Waals surface area (Å²) in [5.41, 5.74) is 6.87. The van der Waals surface area contributed by atoms with Gasteiger partial charge in [-0.1, -0.05) is 12.1 Å². The maximum atomic E-state index is 13.3. The fraction of sp³-hybridized carbons (Fsp3) is 0.0714. The van der Waals surface area contributed by atoms with E-state index in [1.165, 1.54) is 30.6 Å². The molecule has 108 valence electrons. The summed E-state index contributed by atoms with van der Waals surface area (Å²) in [7, 11) is -3.70. The molecule has 0 unspecified atom stereocenters. The number of nitrogens with two attached hydrogens (primary N) is 1. The lowest BCUT2D eigenvalue weighted by Crippen LogP contribution is -2.31. The molecule has 0 radical (unpaired) electrons. The molecule has 5 nitrogen and oxygen atoms in total. The number of fused-ring (bicyclic) bond motifs is 1. The summed E-state index contributed by atoms with van der Waals surface area (Å²) >= 11 is 0. The number of nitrogen functional groups attached to an aromatic ring is 1. The van der Waals surface area contributed by atoms with Crippen LogP contribution in [-0.4, -0.2) is 19.1 Å². The van der Waals surface area contributed by atoms with Crippen LogP contribution in [0.1, 0.15) is 5.56 Å². The minimum absolute atomic E-state index is 0.0657. The zero-order valence-corrected chi connectivity index (χ0v) is 11.7. The van der Waals surface area contributed by atoms with Gasteiger partial charge in [0.2, 0.25) is 0 Å². The molecule has 2 aromatic carbocycles. The van der Waals surface area contributed by atoms with E-state index in [1.54, 1.807) is 18.2 Å².